The van der Waals surface area contributed by atoms with E-state index in [2.05, 4.69) is 20.3 Å². The van der Waals surface area contributed by atoms with Gasteiger partial charge in [-0.2, -0.15) is 0 Å². The molecular weight excluding hydrogens is 442 g/mol. The number of fused-ring (bicyclic) bond motifs is 1. The molecule has 2 aromatic heterocycles. The predicted molar refractivity (Wildman–Crippen MR) is 120 cm³/mol. The first-order valence-electron chi connectivity index (χ1n) is 11.1. The van der Waals surface area contributed by atoms with Crippen LogP contribution in [-0.4, -0.2) is 48.9 Å². The van der Waals surface area contributed by atoms with Crippen molar-refractivity contribution in [1.82, 2.24) is 29.9 Å². The quantitative estimate of drug-likeness (QED) is 0.490. The standard InChI is InChI=1S/C24H22F2N6O2/c25-18-7-5-15(6-8-18)14-32-23-21(29-30-32)24(34)28-22(27-23)16-9-11-31(12-10-16)20(33)13-17-3-1-2-4-19(17)26/h1-8,16H,9-14H2,(H,27,28,34). The van der Waals surface area contributed by atoms with Crippen LogP contribution in [0.3, 0.4) is 0 Å². The molecule has 0 saturated carbocycles. The summed E-state index contributed by atoms with van der Waals surface area (Å²) in [5.74, 6) is -0.346. The summed E-state index contributed by atoms with van der Waals surface area (Å²) in [5, 5.41) is 8.00. The van der Waals surface area contributed by atoms with E-state index >= 15 is 0 Å². The van der Waals surface area contributed by atoms with Crippen LogP contribution in [0.2, 0.25) is 0 Å². The van der Waals surface area contributed by atoms with Gasteiger partial charge in [0, 0.05) is 19.0 Å². The summed E-state index contributed by atoms with van der Waals surface area (Å²) in [7, 11) is 0. The van der Waals surface area contributed by atoms with E-state index in [0.29, 0.717) is 49.5 Å². The van der Waals surface area contributed by atoms with E-state index in [0.717, 1.165) is 5.56 Å². The Morgan fingerprint density at radius 2 is 1.79 bits per heavy atom. The fourth-order valence-corrected chi connectivity index (χ4v) is 4.26. The van der Waals surface area contributed by atoms with Crippen LogP contribution in [-0.2, 0) is 17.8 Å². The molecule has 0 atom stereocenters. The third-order valence-corrected chi connectivity index (χ3v) is 6.17. The van der Waals surface area contributed by atoms with Gasteiger partial charge in [0.05, 0.1) is 13.0 Å². The van der Waals surface area contributed by atoms with Crippen molar-refractivity contribution in [2.45, 2.75) is 31.7 Å². The van der Waals surface area contributed by atoms with Crippen molar-refractivity contribution >= 4 is 17.1 Å². The van der Waals surface area contributed by atoms with Gasteiger partial charge in [-0.15, -0.1) is 5.10 Å². The lowest BCUT2D eigenvalue weighted by atomic mass is 9.95. The summed E-state index contributed by atoms with van der Waals surface area (Å²) < 4.78 is 28.6. The second kappa shape index (κ2) is 9.12. The number of H-pyrrole nitrogens is 1. The zero-order valence-corrected chi connectivity index (χ0v) is 18.2. The SMILES string of the molecule is O=C(Cc1ccccc1F)N1CCC(c2nc3c(nnn3Cc3ccc(F)cc3)c(=O)[nH]2)CC1. The Morgan fingerprint density at radius 1 is 1.06 bits per heavy atom. The molecule has 0 radical (unpaired) electrons. The fraction of sp³-hybridized carbons (Fsp3) is 0.292. The van der Waals surface area contributed by atoms with Crippen molar-refractivity contribution in [3.63, 3.8) is 0 Å². The average Bonchev–Trinajstić information content (AvgIpc) is 3.25. The van der Waals surface area contributed by atoms with Crippen LogP contribution in [0.1, 0.15) is 35.7 Å². The molecule has 1 aliphatic heterocycles. The number of aromatic nitrogens is 5. The number of aromatic amines is 1. The van der Waals surface area contributed by atoms with Crippen molar-refractivity contribution in [2.24, 2.45) is 0 Å². The number of carbonyl (C=O) groups is 1. The highest BCUT2D eigenvalue weighted by Gasteiger charge is 2.27. The Labute approximate surface area is 193 Å². The van der Waals surface area contributed by atoms with Crippen molar-refractivity contribution in [2.75, 3.05) is 13.1 Å². The molecule has 1 aliphatic rings. The molecule has 0 bridgehead atoms. The van der Waals surface area contributed by atoms with Crippen LogP contribution in [0.4, 0.5) is 8.78 Å². The summed E-state index contributed by atoms with van der Waals surface area (Å²) >= 11 is 0. The largest absolute Gasteiger partial charge is 0.342 e. The molecule has 5 rings (SSSR count). The van der Waals surface area contributed by atoms with E-state index in [-0.39, 0.29) is 41.0 Å². The highest BCUT2D eigenvalue weighted by atomic mass is 19.1. The van der Waals surface area contributed by atoms with Gasteiger partial charge in [0.1, 0.15) is 17.5 Å². The highest BCUT2D eigenvalue weighted by Crippen LogP contribution is 2.26. The Bertz CT molecular complexity index is 1390. The van der Waals surface area contributed by atoms with Crippen molar-refractivity contribution in [3.05, 3.63) is 87.5 Å². The molecule has 1 amide bonds. The minimum atomic E-state index is -0.383. The maximum Gasteiger partial charge on any atom is 0.281 e. The summed E-state index contributed by atoms with van der Waals surface area (Å²) in [5.41, 5.74) is 1.32. The Kier molecular flexibility index (Phi) is 5.87. The number of benzene rings is 2. The molecular formula is C24H22F2N6O2. The average molecular weight is 464 g/mol. The first-order valence-corrected chi connectivity index (χ1v) is 11.1. The maximum atomic E-state index is 13.9. The third kappa shape index (κ3) is 4.43. The monoisotopic (exact) mass is 464 g/mol. The third-order valence-electron chi connectivity index (χ3n) is 6.17. The van der Waals surface area contributed by atoms with E-state index < -0.39 is 0 Å². The molecule has 10 heteroatoms. The Balaban J connectivity index is 1.30. The minimum absolute atomic E-state index is 0.0205. The number of rotatable bonds is 5. The molecule has 4 aromatic rings. The van der Waals surface area contributed by atoms with Gasteiger partial charge in [-0.1, -0.05) is 35.5 Å². The molecule has 34 heavy (non-hydrogen) atoms. The zero-order valence-electron chi connectivity index (χ0n) is 18.2. The maximum absolute atomic E-state index is 13.9. The van der Waals surface area contributed by atoms with E-state index in [9.17, 15) is 18.4 Å². The van der Waals surface area contributed by atoms with Crippen molar-refractivity contribution in [1.29, 1.82) is 0 Å². The first kappa shape index (κ1) is 21.9. The minimum Gasteiger partial charge on any atom is -0.342 e. The van der Waals surface area contributed by atoms with Gasteiger partial charge in [-0.25, -0.2) is 18.4 Å². The van der Waals surface area contributed by atoms with Crippen LogP contribution >= 0.6 is 0 Å². The lowest BCUT2D eigenvalue weighted by Crippen LogP contribution is -2.39. The van der Waals surface area contributed by atoms with Crippen LogP contribution in [0, 0.1) is 11.6 Å². The normalized spacial score (nSPS) is 14.6. The smallest absolute Gasteiger partial charge is 0.281 e. The zero-order chi connectivity index (χ0) is 23.7. The lowest BCUT2D eigenvalue weighted by molar-refractivity contribution is -0.131. The number of amides is 1. The number of nitrogens with zero attached hydrogens (tertiary/aromatic N) is 5. The van der Waals surface area contributed by atoms with E-state index in [1.54, 1.807) is 35.2 Å². The summed E-state index contributed by atoms with van der Waals surface area (Å²) in [6.45, 7) is 1.29. The van der Waals surface area contributed by atoms with Crippen LogP contribution in [0.5, 0.6) is 0 Å². The Morgan fingerprint density at radius 3 is 2.53 bits per heavy atom. The first-order chi connectivity index (χ1) is 16.5. The van der Waals surface area contributed by atoms with Crippen LogP contribution in [0.25, 0.3) is 11.2 Å². The molecule has 1 saturated heterocycles. The number of likely N-dealkylation sites (tertiary alicyclic amines) is 1. The topological polar surface area (TPSA) is 96.8 Å². The number of hydrogen-bond donors (Lipinski definition) is 1. The van der Waals surface area contributed by atoms with Crippen LogP contribution < -0.4 is 5.56 Å². The summed E-state index contributed by atoms with van der Waals surface area (Å²) in [6.07, 6.45) is 1.26. The lowest BCUT2D eigenvalue weighted by Gasteiger charge is -2.31. The molecule has 3 heterocycles. The molecule has 8 nitrogen and oxygen atoms in total. The fourth-order valence-electron chi connectivity index (χ4n) is 4.26. The number of hydrogen-bond acceptors (Lipinski definition) is 5. The highest BCUT2D eigenvalue weighted by molar-refractivity contribution is 5.79. The van der Waals surface area contributed by atoms with Gasteiger partial charge in [0.25, 0.3) is 5.56 Å². The molecule has 1 N–H and O–H groups in total. The van der Waals surface area contributed by atoms with Crippen molar-refractivity contribution in [3.8, 4) is 0 Å². The van der Waals surface area contributed by atoms with Gasteiger partial charge in [-0.05, 0) is 42.2 Å². The van der Waals surface area contributed by atoms with Gasteiger partial charge in [-0.3, -0.25) is 9.59 Å². The number of nitrogens with one attached hydrogen (secondary N) is 1. The van der Waals surface area contributed by atoms with Crippen molar-refractivity contribution < 1.29 is 13.6 Å². The molecule has 0 spiro atoms. The summed E-state index contributed by atoms with van der Waals surface area (Å²) in [6, 6.07) is 12.3. The van der Waals surface area contributed by atoms with Gasteiger partial charge >= 0.3 is 0 Å². The number of carbonyl (C=O) groups excluding carboxylic acids is 1. The van der Waals surface area contributed by atoms with E-state index in [1.165, 1.54) is 22.9 Å². The van der Waals surface area contributed by atoms with E-state index in [4.69, 9.17) is 0 Å². The van der Waals surface area contributed by atoms with Gasteiger partial charge in [0.2, 0.25) is 5.91 Å². The predicted octanol–water partition coefficient (Wildman–Crippen LogP) is 2.79. The second-order valence-electron chi connectivity index (χ2n) is 8.42. The molecule has 1 fully saturated rings. The number of halogens is 2. The number of piperidine rings is 1. The van der Waals surface area contributed by atoms with E-state index in [1.807, 2.05) is 0 Å². The molecule has 0 aliphatic carbocycles. The molecule has 2 aromatic carbocycles. The molecule has 174 valence electrons. The molecule has 0 unspecified atom stereocenters. The van der Waals surface area contributed by atoms with Crippen LogP contribution in [0.15, 0.2) is 53.3 Å². The summed E-state index contributed by atoms with van der Waals surface area (Å²) in [4.78, 5) is 34.4. The second-order valence-corrected chi connectivity index (χ2v) is 8.42. The Hall–Kier alpha value is -3.95. The van der Waals surface area contributed by atoms with Gasteiger partial charge in [0.15, 0.2) is 11.2 Å². The van der Waals surface area contributed by atoms with Gasteiger partial charge < -0.3 is 9.88 Å².